The minimum Gasteiger partial charge on any atom is -0.395 e. The largest absolute Gasteiger partial charge is 0.433 e. The van der Waals surface area contributed by atoms with Gasteiger partial charge >= 0.3 is 5.88 Å². The van der Waals surface area contributed by atoms with Crippen LogP contribution < -0.4 is 0 Å². The van der Waals surface area contributed by atoms with Crippen molar-refractivity contribution in [2.45, 2.75) is 12.5 Å². The number of fused-ring (bicyclic) bond motifs is 1. The van der Waals surface area contributed by atoms with Gasteiger partial charge in [0.1, 0.15) is 4.92 Å². The summed E-state index contributed by atoms with van der Waals surface area (Å²) in [4.78, 5) is 26.1. The second-order valence-corrected chi connectivity index (χ2v) is 6.76. The van der Waals surface area contributed by atoms with Crippen molar-refractivity contribution in [3.63, 3.8) is 0 Å². The molecule has 0 aliphatic carbocycles. The number of thiophene rings is 1. The molecular formula is C18H14N2O4S. The SMILES string of the molecule is O=C(c1ccc([N+](=O)[O-])o1)N1CCc2sccc2[C@H]1c1ccccc1. The predicted molar refractivity (Wildman–Crippen MR) is 92.7 cm³/mol. The number of carbonyl (C=O) groups is 1. The van der Waals surface area contributed by atoms with Gasteiger partial charge in [0.2, 0.25) is 0 Å². The van der Waals surface area contributed by atoms with Gasteiger partial charge in [-0.25, -0.2) is 0 Å². The third-order valence-corrected chi connectivity index (χ3v) is 5.32. The zero-order chi connectivity index (χ0) is 17.4. The number of nitro groups is 1. The lowest BCUT2D eigenvalue weighted by molar-refractivity contribution is -0.402. The zero-order valence-corrected chi connectivity index (χ0v) is 13.9. The molecular weight excluding hydrogens is 340 g/mol. The van der Waals surface area contributed by atoms with E-state index in [1.807, 2.05) is 41.8 Å². The molecule has 126 valence electrons. The van der Waals surface area contributed by atoms with E-state index >= 15 is 0 Å². The summed E-state index contributed by atoms with van der Waals surface area (Å²) in [6.45, 7) is 0.542. The minimum atomic E-state index is -0.640. The van der Waals surface area contributed by atoms with Crippen LogP contribution in [-0.4, -0.2) is 22.3 Å². The first-order chi connectivity index (χ1) is 12.1. The molecule has 1 aliphatic rings. The lowest BCUT2D eigenvalue weighted by Gasteiger charge is -2.35. The third kappa shape index (κ3) is 2.72. The van der Waals surface area contributed by atoms with E-state index in [4.69, 9.17) is 4.42 Å². The second kappa shape index (κ2) is 6.18. The topological polar surface area (TPSA) is 76.6 Å². The molecule has 0 saturated carbocycles. The highest BCUT2D eigenvalue weighted by Gasteiger charge is 2.34. The number of carbonyl (C=O) groups excluding carboxylic acids is 1. The Morgan fingerprint density at radius 3 is 2.72 bits per heavy atom. The van der Waals surface area contributed by atoms with Gasteiger partial charge in [0.15, 0.2) is 5.76 Å². The van der Waals surface area contributed by atoms with E-state index in [1.165, 1.54) is 17.0 Å². The summed E-state index contributed by atoms with van der Waals surface area (Å²) in [5, 5.41) is 12.9. The maximum absolute atomic E-state index is 13.0. The van der Waals surface area contributed by atoms with E-state index in [0.29, 0.717) is 6.54 Å². The molecule has 1 atom stereocenters. The van der Waals surface area contributed by atoms with Gasteiger partial charge in [-0.2, -0.15) is 0 Å². The van der Waals surface area contributed by atoms with Crippen LogP contribution in [0.4, 0.5) is 5.88 Å². The van der Waals surface area contributed by atoms with Crippen LogP contribution in [-0.2, 0) is 6.42 Å². The van der Waals surface area contributed by atoms with Gasteiger partial charge in [-0.1, -0.05) is 30.3 Å². The molecule has 0 N–H and O–H groups in total. The van der Waals surface area contributed by atoms with Crippen LogP contribution in [0.5, 0.6) is 0 Å². The van der Waals surface area contributed by atoms with Crippen molar-refractivity contribution in [2.24, 2.45) is 0 Å². The minimum absolute atomic E-state index is 0.00805. The van der Waals surface area contributed by atoms with E-state index < -0.39 is 10.8 Å². The summed E-state index contributed by atoms with van der Waals surface area (Å²) in [6.07, 6.45) is 0.769. The van der Waals surface area contributed by atoms with Gasteiger partial charge < -0.3 is 9.32 Å². The summed E-state index contributed by atoms with van der Waals surface area (Å²) in [5.74, 6) is -0.766. The van der Waals surface area contributed by atoms with Crippen LogP contribution in [0.1, 0.15) is 32.6 Å². The molecule has 6 nitrogen and oxygen atoms in total. The van der Waals surface area contributed by atoms with Crippen molar-refractivity contribution in [3.05, 3.63) is 85.8 Å². The molecule has 3 aromatic rings. The molecule has 25 heavy (non-hydrogen) atoms. The Balaban J connectivity index is 1.74. The number of amides is 1. The number of benzene rings is 1. The Labute approximate surface area is 147 Å². The average Bonchev–Trinajstić information content (AvgIpc) is 3.30. The standard InChI is InChI=1S/C18H14N2O4S/c21-18(14-6-7-16(24-14)20(22)23)19-10-8-15-13(9-11-25-15)17(19)12-4-2-1-3-5-12/h1-7,9,11,17H,8,10H2/t17-/m1/s1. The summed E-state index contributed by atoms with van der Waals surface area (Å²) in [6, 6.07) is 14.2. The monoisotopic (exact) mass is 354 g/mol. The molecule has 3 heterocycles. The van der Waals surface area contributed by atoms with Gasteiger partial charge in [0.05, 0.1) is 12.1 Å². The van der Waals surface area contributed by atoms with Gasteiger partial charge in [-0.3, -0.25) is 14.9 Å². The summed E-state index contributed by atoms with van der Waals surface area (Å²) < 4.78 is 5.13. The Morgan fingerprint density at radius 1 is 1.20 bits per heavy atom. The van der Waals surface area contributed by atoms with Crippen molar-refractivity contribution in [1.82, 2.24) is 4.90 Å². The quantitative estimate of drug-likeness (QED) is 0.525. The Morgan fingerprint density at radius 2 is 2.00 bits per heavy atom. The molecule has 0 unspecified atom stereocenters. The first-order valence-electron chi connectivity index (χ1n) is 7.81. The van der Waals surface area contributed by atoms with Gasteiger partial charge in [-0.15, -0.1) is 11.3 Å². The van der Waals surface area contributed by atoms with Crippen LogP contribution in [0.15, 0.2) is 58.3 Å². The summed E-state index contributed by atoms with van der Waals surface area (Å²) in [5.41, 5.74) is 2.12. The van der Waals surface area contributed by atoms with E-state index in [-0.39, 0.29) is 17.7 Å². The first kappa shape index (κ1) is 15.6. The lowest BCUT2D eigenvalue weighted by atomic mass is 9.93. The van der Waals surface area contributed by atoms with Gasteiger partial charge in [0.25, 0.3) is 5.91 Å². The van der Waals surface area contributed by atoms with Crippen LogP contribution in [0, 0.1) is 10.1 Å². The average molecular weight is 354 g/mol. The molecule has 1 aromatic carbocycles. The molecule has 1 aliphatic heterocycles. The zero-order valence-electron chi connectivity index (χ0n) is 13.1. The van der Waals surface area contributed by atoms with E-state index in [1.54, 1.807) is 16.2 Å². The molecule has 2 aromatic heterocycles. The highest BCUT2D eigenvalue weighted by Crippen LogP contribution is 2.38. The van der Waals surface area contributed by atoms with Crippen LogP contribution >= 0.6 is 11.3 Å². The highest BCUT2D eigenvalue weighted by molar-refractivity contribution is 7.10. The molecule has 4 rings (SSSR count). The number of nitrogens with zero attached hydrogens (tertiary/aromatic N) is 2. The Bertz CT molecular complexity index is 931. The molecule has 0 bridgehead atoms. The van der Waals surface area contributed by atoms with Crippen LogP contribution in [0.25, 0.3) is 0 Å². The first-order valence-corrected chi connectivity index (χ1v) is 8.69. The number of hydrogen-bond donors (Lipinski definition) is 0. The van der Waals surface area contributed by atoms with Crippen LogP contribution in [0.3, 0.4) is 0 Å². The predicted octanol–water partition coefficient (Wildman–Crippen LogP) is 4.04. The normalized spacial score (nSPS) is 16.5. The summed E-state index contributed by atoms with van der Waals surface area (Å²) >= 11 is 1.69. The molecule has 0 radical (unpaired) electrons. The van der Waals surface area contributed by atoms with Crippen molar-refractivity contribution in [1.29, 1.82) is 0 Å². The molecule has 7 heteroatoms. The molecule has 1 amide bonds. The molecule has 0 spiro atoms. The maximum atomic E-state index is 13.0. The molecule has 0 fully saturated rings. The molecule has 0 saturated heterocycles. The van der Waals surface area contributed by atoms with Crippen molar-refractivity contribution in [2.75, 3.05) is 6.54 Å². The smallest absolute Gasteiger partial charge is 0.395 e. The van der Waals surface area contributed by atoms with Gasteiger partial charge in [-0.05, 0) is 35.1 Å². The van der Waals surface area contributed by atoms with Crippen molar-refractivity contribution in [3.8, 4) is 0 Å². The Kier molecular flexibility index (Phi) is 3.85. The highest BCUT2D eigenvalue weighted by atomic mass is 32.1. The number of furan rings is 1. The fraction of sp³-hybridized carbons (Fsp3) is 0.167. The number of rotatable bonds is 3. The van der Waals surface area contributed by atoms with E-state index in [9.17, 15) is 14.9 Å². The lowest BCUT2D eigenvalue weighted by Crippen LogP contribution is -2.39. The van der Waals surface area contributed by atoms with Crippen LogP contribution in [0.2, 0.25) is 0 Å². The number of hydrogen-bond acceptors (Lipinski definition) is 5. The fourth-order valence-electron chi connectivity index (χ4n) is 3.21. The second-order valence-electron chi connectivity index (χ2n) is 5.76. The maximum Gasteiger partial charge on any atom is 0.433 e. The van der Waals surface area contributed by atoms with E-state index in [2.05, 4.69) is 0 Å². The Hall–Kier alpha value is -2.93. The summed E-state index contributed by atoms with van der Waals surface area (Å²) in [7, 11) is 0. The van der Waals surface area contributed by atoms with E-state index in [0.717, 1.165) is 17.5 Å². The third-order valence-electron chi connectivity index (χ3n) is 4.32. The van der Waals surface area contributed by atoms with Crippen molar-refractivity contribution >= 4 is 23.1 Å². The van der Waals surface area contributed by atoms with Gasteiger partial charge in [0, 0.05) is 11.4 Å². The fourth-order valence-corrected chi connectivity index (χ4v) is 4.12. The van der Waals surface area contributed by atoms with Crippen molar-refractivity contribution < 1.29 is 14.1 Å².